The molecule has 2 aromatic heterocycles. The fourth-order valence-corrected chi connectivity index (χ4v) is 4.16. The van der Waals surface area contributed by atoms with E-state index in [0.29, 0.717) is 5.82 Å². The fourth-order valence-electron chi connectivity index (χ4n) is 4.16. The number of alkyl halides is 3. The lowest BCUT2D eigenvalue weighted by atomic mass is 9.94. The molecule has 0 aliphatic heterocycles. The van der Waals surface area contributed by atoms with Gasteiger partial charge in [0.1, 0.15) is 0 Å². The number of nitriles is 1. The lowest BCUT2D eigenvalue weighted by Crippen LogP contribution is -2.43. The van der Waals surface area contributed by atoms with E-state index in [2.05, 4.69) is 15.4 Å². The molecule has 2 heterocycles. The monoisotopic (exact) mass is 468 g/mol. The van der Waals surface area contributed by atoms with Crippen molar-refractivity contribution < 1.29 is 18.0 Å². The van der Waals surface area contributed by atoms with E-state index in [-0.39, 0.29) is 18.3 Å². The van der Waals surface area contributed by atoms with Gasteiger partial charge in [0.2, 0.25) is 0 Å². The molecule has 1 saturated carbocycles. The van der Waals surface area contributed by atoms with Gasteiger partial charge in [-0.05, 0) is 48.7 Å². The number of hydrogen-bond acceptors (Lipinski definition) is 4. The van der Waals surface area contributed by atoms with Crippen molar-refractivity contribution in [2.75, 3.05) is 5.32 Å². The predicted octanol–water partition coefficient (Wildman–Crippen LogP) is 5.52. The Balaban J connectivity index is 1.55. The van der Waals surface area contributed by atoms with Crippen molar-refractivity contribution in [3.63, 3.8) is 0 Å². The molecule has 1 aromatic carbocycles. The quantitative estimate of drug-likeness (QED) is 0.534. The highest BCUT2D eigenvalue weighted by atomic mass is 19.4. The molecule has 2 amide bonds. The number of hydrogen-bond donors (Lipinski definition) is 1. The third-order valence-electron chi connectivity index (χ3n) is 5.87. The highest BCUT2D eigenvalue weighted by molar-refractivity contribution is 5.89. The van der Waals surface area contributed by atoms with Crippen LogP contribution < -0.4 is 5.32 Å². The average molecular weight is 468 g/mol. The molecule has 1 aliphatic carbocycles. The van der Waals surface area contributed by atoms with E-state index >= 15 is 0 Å². The number of rotatable bonds is 5. The molecule has 34 heavy (non-hydrogen) atoms. The second-order valence-electron chi connectivity index (χ2n) is 8.20. The first-order valence-electron chi connectivity index (χ1n) is 11.0. The number of anilines is 1. The Morgan fingerprint density at radius 2 is 2.00 bits per heavy atom. The number of urea groups is 1. The van der Waals surface area contributed by atoms with Crippen LogP contribution in [0.1, 0.15) is 48.8 Å². The number of amides is 2. The number of nitrogens with one attached hydrogen (secondary N) is 1. The Labute approximate surface area is 194 Å². The van der Waals surface area contributed by atoms with E-state index in [1.807, 2.05) is 6.07 Å². The third kappa shape index (κ3) is 5.36. The SMILES string of the molecule is N#Cc1ccc(NC(=O)N(Cc2ccc(-n3cccn3)nc2)C2CCCCC2)cc1C(F)(F)F. The summed E-state index contributed by atoms with van der Waals surface area (Å²) in [6, 6.07) is 9.67. The molecule has 176 valence electrons. The Bertz CT molecular complexity index is 1160. The van der Waals surface area contributed by atoms with Gasteiger partial charge in [0.05, 0.1) is 17.2 Å². The second kappa shape index (κ2) is 9.95. The van der Waals surface area contributed by atoms with Crippen molar-refractivity contribution in [2.24, 2.45) is 0 Å². The van der Waals surface area contributed by atoms with Gasteiger partial charge in [-0.15, -0.1) is 0 Å². The van der Waals surface area contributed by atoms with Crippen molar-refractivity contribution in [3.05, 3.63) is 71.7 Å². The first kappa shape index (κ1) is 23.3. The number of aromatic nitrogens is 3. The van der Waals surface area contributed by atoms with Gasteiger partial charge in [0.15, 0.2) is 5.82 Å². The topological polar surface area (TPSA) is 86.8 Å². The number of nitrogens with zero attached hydrogens (tertiary/aromatic N) is 5. The summed E-state index contributed by atoms with van der Waals surface area (Å²) in [5.74, 6) is 0.639. The maximum absolute atomic E-state index is 13.3. The van der Waals surface area contributed by atoms with Crippen LogP contribution in [0.2, 0.25) is 0 Å². The van der Waals surface area contributed by atoms with Gasteiger partial charge in [-0.25, -0.2) is 14.5 Å². The van der Waals surface area contributed by atoms with E-state index in [1.54, 1.807) is 46.4 Å². The van der Waals surface area contributed by atoms with Gasteiger partial charge in [-0.1, -0.05) is 25.3 Å². The summed E-state index contributed by atoms with van der Waals surface area (Å²) in [6.07, 6.45) is 5.12. The van der Waals surface area contributed by atoms with Crippen LogP contribution in [0.4, 0.5) is 23.7 Å². The zero-order chi connectivity index (χ0) is 24.1. The largest absolute Gasteiger partial charge is 0.417 e. The van der Waals surface area contributed by atoms with Crippen LogP contribution in [0.5, 0.6) is 0 Å². The molecule has 7 nitrogen and oxygen atoms in total. The maximum Gasteiger partial charge on any atom is 0.417 e. The minimum absolute atomic E-state index is 0.00992. The summed E-state index contributed by atoms with van der Waals surface area (Å²) in [5.41, 5.74) is -0.773. The Kier molecular flexibility index (Phi) is 6.82. The molecule has 3 aromatic rings. The van der Waals surface area contributed by atoms with Gasteiger partial charge < -0.3 is 10.2 Å². The van der Waals surface area contributed by atoms with Crippen LogP contribution in [0.3, 0.4) is 0 Å². The molecule has 1 fully saturated rings. The van der Waals surface area contributed by atoms with Gasteiger partial charge in [0, 0.05) is 36.9 Å². The van der Waals surface area contributed by atoms with Crippen LogP contribution >= 0.6 is 0 Å². The summed E-state index contributed by atoms with van der Waals surface area (Å²) in [4.78, 5) is 19.3. The van der Waals surface area contributed by atoms with E-state index < -0.39 is 23.3 Å². The smallest absolute Gasteiger partial charge is 0.317 e. The van der Waals surface area contributed by atoms with E-state index in [4.69, 9.17) is 5.26 Å². The first-order valence-corrected chi connectivity index (χ1v) is 11.0. The normalized spacial score (nSPS) is 14.4. The average Bonchev–Trinajstić information content (AvgIpc) is 3.38. The Morgan fingerprint density at radius 3 is 2.62 bits per heavy atom. The first-order chi connectivity index (χ1) is 16.3. The highest BCUT2D eigenvalue weighted by Gasteiger charge is 2.34. The van der Waals surface area contributed by atoms with Crippen LogP contribution in [0.15, 0.2) is 55.0 Å². The van der Waals surface area contributed by atoms with Crippen molar-refractivity contribution in [2.45, 2.75) is 50.9 Å². The van der Waals surface area contributed by atoms with Gasteiger partial charge in [0.25, 0.3) is 0 Å². The van der Waals surface area contributed by atoms with Crippen LogP contribution in [-0.4, -0.2) is 31.7 Å². The van der Waals surface area contributed by atoms with Crippen LogP contribution in [-0.2, 0) is 12.7 Å². The molecule has 1 N–H and O–H groups in total. The lowest BCUT2D eigenvalue weighted by Gasteiger charge is -2.34. The van der Waals surface area contributed by atoms with Crippen LogP contribution in [0.25, 0.3) is 5.82 Å². The lowest BCUT2D eigenvalue weighted by molar-refractivity contribution is -0.137. The van der Waals surface area contributed by atoms with Crippen molar-refractivity contribution >= 4 is 11.7 Å². The summed E-state index contributed by atoms with van der Waals surface area (Å²) in [5, 5.41) is 15.7. The second-order valence-corrected chi connectivity index (χ2v) is 8.20. The summed E-state index contributed by atoms with van der Waals surface area (Å²) >= 11 is 0. The number of pyridine rings is 1. The van der Waals surface area contributed by atoms with E-state index in [9.17, 15) is 18.0 Å². The molecule has 1 aliphatic rings. The third-order valence-corrected chi connectivity index (χ3v) is 5.87. The molecule has 0 spiro atoms. The fraction of sp³-hybridized carbons (Fsp3) is 0.333. The molecule has 0 radical (unpaired) electrons. The van der Waals surface area contributed by atoms with Crippen molar-refractivity contribution in [1.29, 1.82) is 5.26 Å². The predicted molar refractivity (Wildman–Crippen MR) is 119 cm³/mol. The minimum Gasteiger partial charge on any atom is -0.317 e. The number of carbonyl (C=O) groups excluding carboxylic acids is 1. The number of halogens is 3. The molecule has 0 bridgehead atoms. The van der Waals surface area contributed by atoms with Gasteiger partial charge in [-0.2, -0.15) is 23.5 Å². The van der Waals surface area contributed by atoms with Gasteiger partial charge in [-0.3, -0.25) is 0 Å². The van der Waals surface area contributed by atoms with Crippen molar-refractivity contribution in [3.8, 4) is 11.9 Å². The summed E-state index contributed by atoms with van der Waals surface area (Å²) < 4.78 is 41.6. The van der Waals surface area contributed by atoms with Gasteiger partial charge >= 0.3 is 12.2 Å². The molecule has 10 heteroatoms. The molecule has 0 unspecified atom stereocenters. The minimum atomic E-state index is -4.70. The van der Waals surface area contributed by atoms with E-state index in [1.165, 1.54) is 6.07 Å². The zero-order valence-electron chi connectivity index (χ0n) is 18.3. The maximum atomic E-state index is 13.3. The standard InChI is InChI=1S/C24H23F3N6O/c25-24(26,27)21-13-19(9-8-18(21)14-28)31-23(34)32(20-5-2-1-3-6-20)16-17-7-10-22(29-15-17)33-12-4-11-30-33/h4,7-13,15,20H,1-3,5-6,16H2,(H,31,34). The Morgan fingerprint density at radius 1 is 1.21 bits per heavy atom. The van der Waals surface area contributed by atoms with Crippen LogP contribution in [0, 0.1) is 11.3 Å². The summed E-state index contributed by atoms with van der Waals surface area (Å²) in [6.45, 7) is 0.269. The zero-order valence-corrected chi connectivity index (χ0v) is 18.3. The Hall–Kier alpha value is -3.87. The number of benzene rings is 1. The molecule has 4 rings (SSSR count). The highest BCUT2D eigenvalue weighted by Crippen LogP contribution is 2.34. The molecular formula is C24H23F3N6O. The summed E-state index contributed by atoms with van der Waals surface area (Å²) in [7, 11) is 0. The molecule has 0 saturated heterocycles. The van der Waals surface area contributed by atoms with E-state index in [0.717, 1.165) is 49.8 Å². The number of carbonyl (C=O) groups is 1. The molecule has 0 atom stereocenters. The molecular weight excluding hydrogens is 445 g/mol. The van der Waals surface area contributed by atoms with Crippen molar-refractivity contribution in [1.82, 2.24) is 19.7 Å².